The maximum Gasteiger partial charge on any atom is 0.258 e. The van der Waals surface area contributed by atoms with Crippen LogP contribution in [0.3, 0.4) is 0 Å². The minimum Gasteiger partial charge on any atom is -0.264 e. The summed E-state index contributed by atoms with van der Waals surface area (Å²) >= 11 is 0. The highest BCUT2D eigenvalue weighted by Crippen LogP contribution is 2.32. The Hall–Kier alpha value is -3.36. The first-order chi connectivity index (χ1) is 14.7. The third-order valence-corrected chi connectivity index (χ3v) is 6.36. The summed E-state index contributed by atoms with van der Waals surface area (Å²) in [7, 11) is -4.20. The van der Waals surface area contributed by atoms with Crippen LogP contribution < -0.4 is 4.72 Å². The molecule has 0 aliphatic carbocycles. The molecule has 0 saturated heterocycles. The smallest absolute Gasteiger partial charge is 0.258 e. The standard InChI is InChI=1S/C23H21FN2O4S/c1-16-12-14-19(15-13-16)31(29,30)25-22(20-10-6-7-11-21(20)24)23(26(27)28)17(2)18-8-4-3-5-9-18/h3-15,22-23,25H,2H2,1H3/t22-,23-/m0/s1. The van der Waals surface area contributed by atoms with Crippen molar-refractivity contribution < 1.29 is 17.7 Å². The van der Waals surface area contributed by atoms with E-state index in [0.717, 1.165) is 11.6 Å². The van der Waals surface area contributed by atoms with Crippen molar-refractivity contribution >= 4 is 15.6 Å². The van der Waals surface area contributed by atoms with Crippen LogP contribution in [0.4, 0.5) is 4.39 Å². The summed E-state index contributed by atoms with van der Waals surface area (Å²) < 4.78 is 43.1. The molecule has 0 aliphatic rings. The van der Waals surface area contributed by atoms with Crippen molar-refractivity contribution in [1.82, 2.24) is 4.72 Å². The van der Waals surface area contributed by atoms with Gasteiger partial charge in [0.25, 0.3) is 6.04 Å². The number of benzene rings is 3. The molecule has 0 fully saturated rings. The Morgan fingerprint density at radius 2 is 1.58 bits per heavy atom. The fourth-order valence-corrected chi connectivity index (χ4v) is 4.47. The summed E-state index contributed by atoms with van der Waals surface area (Å²) in [5.74, 6) is -0.758. The number of sulfonamides is 1. The van der Waals surface area contributed by atoms with E-state index in [0.29, 0.717) is 5.56 Å². The third kappa shape index (κ3) is 5.04. The van der Waals surface area contributed by atoms with E-state index in [1.807, 2.05) is 0 Å². The number of hydrogen-bond acceptors (Lipinski definition) is 4. The van der Waals surface area contributed by atoms with Gasteiger partial charge in [-0.3, -0.25) is 10.1 Å². The summed E-state index contributed by atoms with van der Waals surface area (Å²) in [6.45, 7) is 5.64. The molecule has 3 aromatic rings. The lowest BCUT2D eigenvalue weighted by atomic mass is 9.91. The second-order valence-corrected chi connectivity index (χ2v) is 8.77. The lowest BCUT2D eigenvalue weighted by Crippen LogP contribution is -2.41. The molecule has 0 radical (unpaired) electrons. The first kappa shape index (κ1) is 22.3. The monoisotopic (exact) mass is 440 g/mol. The average molecular weight is 440 g/mol. The molecule has 0 bridgehead atoms. The maximum absolute atomic E-state index is 14.7. The molecule has 0 heterocycles. The van der Waals surface area contributed by atoms with Gasteiger partial charge in [0, 0.05) is 16.1 Å². The van der Waals surface area contributed by atoms with Gasteiger partial charge in [-0.2, -0.15) is 4.72 Å². The van der Waals surface area contributed by atoms with Gasteiger partial charge >= 0.3 is 0 Å². The second kappa shape index (κ2) is 9.20. The lowest BCUT2D eigenvalue weighted by Gasteiger charge is -2.24. The van der Waals surface area contributed by atoms with Gasteiger partial charge in [0.1, 0.15) is 11.9 Å². The van der Waals surface area contributed by atoms with Crippen molar-refractivity contribution in [3.05, 3.63) is 118 Å². The van der Waals surface area contributed by atoms with E-state index >= 15 is 0 Å². The molecule has 0 aromatic heterocycles. The van der Waals surface area contributed by atoms with Gasteiger partial charge in [-0.05, 0) is 30.7 Å². The SMILES string of the molecule is C=C(c1ccccc1)[C@@H]([C@@H](NS(=O)(=O)c1ccc(C)cc1)c1ccccc1F)[N+](=O)[O-]. The molecular formula is C23H21FN2O4S. The van der Waals surface area contributed by atoms with Crippen LogP contribution in [0.15, 0.2) is 90.3 Å². The highest BCUT2D eigenvalue weighted by Gasteiger charge is 2.40. The Kier molecular flexibility index (Phi) is 6.62. The van der Waals surface area contributed by atoms with E-state index in [-0.39, 0.29) is 16.0 Å². The van der Waals surface area contributed by atoms with Gasteiger partial charge in [0.15, 0.2) is 0 Å². The maximum atomic E-state index is 14.7. The molecule has 3 aromatic carbocycles. The Labute approximate surface area is 180 Å². The molecule has 1 N–H and O–H groups in total. The van der Waals surface area contributed by atoms with Crippen molar-refractivity contribution in [2.45, 2.75) is 23.9 Å². The first-order valence-corrected chi connectivity index (χ1v) is 10.9. The largest absolute Gasteiger partial charge is 0.264 e. The van der Waals surface area contributed by atoms with Gasteiger partial charge in [0.05, 0.1) is 4.90 Å². The van der Waals surface area contributed by atoms with Gasteiger partial charge in [-0.15, -0.1) is 0 Å². The van der Waals surface area contributed by atoms with E-state index in [1.54, 1.807) is 49.4 Å². The number of rotatable bonds is 8. The zero-order valence-corrected chi connectivity index (χ0v) is 17.6. The third-order valence-electron chi connectivity index (χ3n) is 4.90. The number of nitrogens with one attached hydrogen (secondary N) is 1. The van der Waals surface area contributed by atoms with Crippen LogP contribution in [0, 0.1) is 22.9 Å². The van der Waals surface area contributed by atoms with E-state index in [9.17, 15) is 22.9 Å². The van der Waals surface area contributed by atoms with Crippen molar-refractivity contribution in [3.63, 3.8) is 0 Å². The normalized spacial score (nSPS) is 13.4. The fraction of sp³-hybridized carbons (Fsp3) is 0.130. The molecule has 0 aliphatic heterocycles. The van der Waals surface area contributed by atoms with Crippen LogP contribution in [0.2, 0.25) is 0 Å². The summed E-state index contributed by atoms with van der Waals surface area (Å²) in [4.78, 5) is 11.4. The molecular weight excluding hydrogens is 419 g/mol. The van der Waals surface area contributed by atoms with Crippen molar-refractivity contribution in [2.75, 3.05) is 0 Å². The fourth-order valence-electron chi connectivity index (χ4n) is 3.25. The van der Waals surface area contributed by atoms with Crippen molar-refractivity contribution in [2.24, 2.45) is 0 Å². The zero-order valence-electron chi connectivity index (χ0n) is 16.7. The molecule has 160 valence electrons. The number of aryl methyl sites for hydroxylation is 1. The first-order valence-electron chi connectivity index (χ1n) is 9.42. The lowest BCUT2D eigenvalue weighted by molar-refractivity contribution is -0.510. The van der Waals surface area contributed by atoms with Crippen molar-refractivity contribution in [1.29, 1.82) is 0 Å². The topological polar surface area (TPSA) is 89.3 Å². The van der Waals surface area contributed by atoms with E-state index in [2.05, 4.69) is 11.3 Å². The van der Waals surface area contributed by atoms with Crippen LogP contribution in [0.5, 0.6) is 0 Å². The summed E-state index contributed by atoms with van der Waals surface area (Å²) in [5.41, 5.74) is 1.23. The molecule has 0 amide bonds. The molecule has 0 saturated carbocycles. The number of nitro groups is 1. The summed E-state index contributed by atoms with van der Waals surface area (Å²) in [6, 6.07) is 16.6. The number of hydrogen-bond donors (Lipinski definition) is 1. The minimum absolute atomic E-state index is 0.0606. The van der Waals surface area contributed by atoms with Gasteiger partial charge in [0.2, 0.25) is 10.0 Å². The molecule has 0 spiro atoms. The highest BCUT2D eigenvalue weighted by atomic mass is 32.2. The molecule has 2 atom stereocenters. The number of halogens is 1. The predicted octanol–water partition coefficient (Wildman–Crippen LogP) is 4.51. The van der Waals surface area contributed by atoms with Gasteiger partial charge < -0.3 is 0 Å². The van der Waals surface area contributed by atoms with Crippen LogP contribution >= 0.6 is 0 Å². The van der Waals surface area contributed by atoms with Crippen LogP contribution in [-0.4, -0.2) is 19.4 Å². The quantitative estimate of drug-likeness (QED) is 0.412. The van der Waals surface area contributed by atoms with E-state index < -0.39 is 32.8 Å². The minimum atomic E-state index is -4.20. The van der Waals surface area contributed by atoms with Crippen molar-refractivity contribution in [3.8, 4) is 0 Å². The molecule has 8 heteroatoms. The summed E-state index contributed by atoms with van der Waals surface area (Å²) in [5, 5.41) is 12.1. The Bertz CT molecular complexity index is 1200. The summed E-state index contributed by atoms with van der Waals surface area (Å²) in [6.07, 6.45) is 0. The van der Waals surface area contributed by atoms with Gasteiger partial charge in [-0.1, -0.05) is 72.8 Å². The highest BCUT2D eigenvalue weighted by molar-refractivity contribution is 7.89. The molecule has 0 unspecified atom stereocenters. The van der Waals surface area contributed by atoms with E-state index in [4.69, 9.17) is 0 Å². The Morgan fingerprint density at radius 3 is 2.16 bits per heavy atom. The second-order valence-electron chi connectivity index (χ2n) is 7.05. The number of nitrogens with zero attached hydrogens (tertiary/aromatic N) is 1. The molecule has 6 nitrogen and oxygen atoms in total. The van der Waals surface area contributed by atoms with Crippen LogP contribution in [-0.2, 0) is 10.0 Å². The van der Waals surface area contributed by atoms with Crippen LogP contribution in [0.1, 0.15) is 22.7 Å². The Balaban J connectivity index is 2.11. The molecule has 31 heavy (non-hydrogen) atoms. The average Bonchev–Trinajstić information content (AvgIpc) is 2.74. The van der Waals surface area contributed by atoms with Crippen LogP contribution in [0.25, 0.3) is 5.57 Å². The molecule has 3 rings (SSSR count). The predicted molar refractivity (Wildman–Crippen MR) is 117 cm³/mol. The van der Waals surface area contributed by atoms with Gasteiger partial charge in [-0.25, -0.2) is 12.8 Å². The zero-order chi connectivity index (χ0) is 22.6. The Morgan fingerprint density at radius 1 is 1.00 bits per heavy atom. The van der Waals surface area contributed by atoms with E-state index in [1.165, 1.54) is 30.3 Å².